The highest BCUT2D eigenvalue weighted by atomic mass is 32.1. The lowest BCUT2D eigenvalue weighted by atomic mass is 10.2. The number of H-pyrrole nitrogens is 1. The van der Waals surface area contributed by atoms with Crippen LogP contribution < -0.4 is 5.32 Å². The molecule has 0 unspecified atom stereocenters. The lowest BCUT2D eigenvalue weighted by Gasteiger charge is -1.99. The van der Waals surface area contributed by atoms with Crippen molar-refractivity contribution in [2.75, 3.05) is 5.32 Å². The van der Waals surface area contributed by atoms with Crippen LogP contribution in [0.5, 0.6) is 0 Å². The van der Waals surface area contributed by atoms with E-state index in [1.54, 1.807) is 17.5 Å². The number of aromatic nitrogens is 3. The number of hydrogen-bond donors (Lipinski definition) is 2. The first-order chi connectivity index (χ1) is 11.0. The number of carbonyl (C=O) groups is 1. The highest BCUT2D eigenvalue weighted by Gasteiger charge is 2.23. The lowest BCUT2D eigenvalue weighted by Crippen LogP contribution is -2.14. The summed E-state index contributed by atoms with van der Waals surface area (Å²) in [5.74, 6) is -1.07. The number of anilines is 1. The van der Waals surface area contributed by atoms with E-state index >= 15 is 0 Å². The van der Waals surface area contributed by atoms with Crippen molar-refractivity contribution >= 4 is 28.1 Å². The third-order valence-electron chi connectivity index (χ3n) is 2.91. The molecule has 0 atom stereocenters. The molecule has 3 rings (SSSR count). The number of nitro groups is 1. The SMILES string of the molecule is O=C(Nc1nc(-c2ccc(F)cc2)cs1)c1[nH]ncc1[N+](=O)[O-]. The third-order valence-corrected chi connectivity index (χ3v) is 3.67. The second-order valence-electron chi connectivity index (χ2n) is 4.39. The normalized spacial score (nSPS) is 10.5. The Morgan fingerprint density at radius 3 is 2.78 bits per heavy atom. The first-order valence-corrected chi connectivity index (χ1v) is 7.13. The molecule has 0 bridgehead atoms. The van der Waals surface area contributed by atoms with Gasteiger partial charge in [0.2, 0.25) is 5.69 Å². The Labute approximate surface area is 132 Å². The van der Waals surface area contributed by atoms with Crippen LogP contribution in [0.1, 0.15) is 10.5 Å². The molecule has 116 valence electrons. The highest BCUT2D eigenvalue weighted by Crippen LogP contribution is 2.26. The van der Waals surface area contributed by atoms with E-state index in [2.05, 4.69) is 20.5 Å². The first kappa shape index (κ1) is 14.8. The van der Waals surface area contributed by atoms with Gasteiger partial charge < -0.3 is 0 Å². The van der Waals surface area contributed by atoms with Crippen molar-refractivity contribution in [3.8, 4) is 11.3 Å². The number of benzene rings is 1. The average molecular weight is 333 g/mol. The molecule has 1 aromatic carbocycles. The zero-order valence-electron chi connectivity index (χ0n) is 11.3. The number of rotatable bonds is 4. The molecule has 2 N–H and O–H groups in total. The molecular formula is C13H8FN5O3S. The number of nitrogens with one attached hydrogen (secondary N) is 2. The van der Waals surface area contributed by atoms with Crippen LogP contribution >= 0.6 is 11.3 Å². The maximum Gasteiger partial charge on any atom is 0.319 e. The molecule has 0 aliphatic heterocycles. The van der Waals surface area contributed by atoms with Crippen LogP contribution in [0.25, 0.3) is 11.3 Å². The van der Waals surface area contributed by atoms with E-state index in [0.717, 1.165) is 17.5 Å². The Kier molecular flexibility index (Phi) is 3.81. The van der Waals surface area contributed by atoms with Crippen LogP contribution in [-0.2, 0) is 0 Å². The Bertz CT molecular complexity index is 874. The fourth-order valence-corrected chi connectivity index (χ4v) is 2.54. The summed E-state index contributed by atoms with van der Waals surface area (Å²) in [5.41, 5.74) is 0.575. The quantitative estimate of drug-likeness (QED) is 0.563. The molecule has 0 aliphatic carbocycles. The smallest absolute Gasteiger partial charge is 0.296 e. The van der Waals surface area contributed by atoms with E-state index in [-0.39, 0.29) is 16.6 Å². The summed E-state index contributed by atoms with van der Waals surface area (Å²) in [6, 6.07) is 5.74. The molecule has 0 saturated heterocycles. The second-order valence-corrected chi connectivity index (χ2v) is 5.24. The van der Waals surface area contributed by atoms with Gasteiger partial charge in [-0.2, -0.15) is 5.10 Å². The van der Waals surface area contributed by atoms with E-state index in [1.807, 2.05) is 0 Å². The van der Waals surface area contributed by atoms with Gasteiger partial charge in [0, 0.05) is 10.9 Å². The predicted octanol–water partition coefficient (Wildman–Crippen LogP) is 2.83. The summed E-state index contributed by atoms with van der Waals surface area (Å²) in [4.78, 5) is 26.3. The molecule has 0 aliphatic rings. The van der Waals surface area contributed by atoms with Gasteiger partial charge in [-0.25, -0.2) is 9.37 Å². The summed E-state index contributed by atoms with van der Waals surface area (Å²) in [5, 5.41) is 21.0. The minimum Gasteiger partial charge on any atom is -0.296 e. The van der Waals surface area contributed by atoms with E-state index in [4.69, 9.17) is 0 Å². The van der Waals surface area contributed by atoms with Crippen molar-refractivity contribution in [3.05, 3.63) is 57.5 Å². The fourth-order valence-electron chi connectivity index (χ4n) is 1.83. The van der Waals surface area contributed by atoms with Crippen molar-refractivity contribution in [1.29, 1.82) is 0 Å². The Balaban J connectivity index is 1.79. The number of aromatic amines is 1. The number of halogens is 1. The number of thiazole rings is 1. The molecule has 10 heteroatoms. The molecule has 0 saturated carbocycles. The van der Waals surface area contributed by atoms with Gasteiger partial charge in [0.1, 0.15) is 12.0 Å². The Morgan fingerprint density at radius 2 is 2.09 bits per heavy atom. The number of nitrogens with zero attached hydrogens (tertiary/aromatic N) is 3. The van der Waals surface area contributed by atoms with Gasteiger partial charge in [-0.3, -0.25) is 25.3 Å². The molecule has 0 radical (unpaired) electrons. The molecule has 2 aromatic heterocycles. The largest absolute Gasteiger partial charge is 0.319 e. The molecule has 8 nitrogen and oxygen atoms in total. The van der Waals surface area contributed by atoms with Crippen LogP contribution in [0.3, 0.4) is 0 Å². The number of carbonyl (C=O) groups excluding carboxylic acids is 1. The molecule has 3 aromatic rings. The summed E-state index contributed by atoms with van der Waals surface area (Å²) < 4.78 is 12.9. The van der Waals surface area contributed by atoms with Crippen molar-refractivity contribution in [2.45, 2.75) is 0 Å². The van der Waals surface area contributed by atoms with Gasteiger partial charge >= 0.3 is 5.69 Å². The summed E-state index contributed by atoms with van der Waals surface area (Å²) in [6.07, 6.45) is 0.959. The lowest BCUT2D eigenvalue weighted by molar-refractivity contribution is -0.385. The van der Waals surface area contributed by atoms with Crippen LogP contribution in [-0.4, -0.2) is 26.0 Å². The standard InChI is InChI=1S/C13H8FN5O3S/c14-8-3-1-7(2-4-8)9-6-23-13(16-9)17-12(20)11-10(19(21)22)5-15-18-11/h1-6H,(H,15,18)(H,16,17,20). The summed E-state index contributed by atoms with van der Waals surface area (Å²) in [6.45, 7) is 0. The maximum atomic E-state index is 12.9. The van der Waals surface area contributed by atoms with Crippen LogP contribution in [0.4, 0.5) is 15.2 Å². The second kappa shape index (κ2) is 5.93. The fraction of sp³-hybridized carbons (Fsp3) is 0. The van der Waals surface area contributed by atoms with Crippen molar-refractivity contribution in [3.63, 3.8) is 0 Å². The van der Waals surface area contributed by atoms with Gasteiger partial charge in [-0.15, -0.1) is 11.3 Å². The topological polar surface area (TPSA) is 114 Å². The van der Waals surface area contributed by atoms with Crippen molar-refractivity contribution < 1.29 is 14.1 Å². The zero-order chi connectivity index (χ0) is 16.4. The molecule has 1 amide bonds. The molecule has 0 spiro atoms. The van der Waals surface area contributed by atoms with Gasteiger partial charge in [-0.05, 0) is 24.3 Å². The summed E-state index contributed by atoms with van der Waals surface area (Å²) >= 11 is 1.15. The Morgan fingerprint density at radius 1 is 1.35 bits per heavy atom. The minimum atomic E-state index is -0.714. The van der Waals surface area contributed by atoms with Gasteiger partial charge in [0.05, 0.1) is 10.6 Å². The van der Waals surface area contributed by atoms with Crippen LogP contribution in [0.15, 0.2) is 35.8 Å². The molecular weight excluding hydrogens is 325 g/mol. The van der Waals surface area contributed by atoms with Gasteiger partial charge in [-0.1, -0.05) is 0 Å². The number of hydrogen-bond acceptors (Lipinski definition) is 6. The zero-order valence-corrected chi connectivity index (χ0v) is 12.1. The van der Waals surface area contributed by atoms with Gasteiger partial charge in [0.25, 0.3) is 5.91 Å². The van der Waals surface area contributed by atoms with Crippen LogP contribution in [0.2, 0.25) is 0 Å². The van der Waals surface area contributed by atoms with Crippen molar-refractivity contribution in [2.24, 2.45) is 0 Å². The monoisotopic (exact) mass is 333 g/mol. The van der Waals surface area contributed by atoms with Crippen molar-refractivity contribution in [1.82, 2.24) is 15.2 Å². The molecule has 0 fully saturated rings. The average Bonchev–Trinajstić information content (AvgIpc) is 3.16. The summed E-state index contributed by atoms with van der Waals surface area (Å²) in [7, 11) is 0. The third kappa shape index (κ3) is 3.06. The van der Waals surface area contributed by atoms with E-state index < -0.39 is 16.5 Å². The van der Waals surface area contributed by atoms with Crippen LogP contribution in [0, 0.1) is 15.9 Å². The predicted molar refractivity (Wildman–Crippen MR) is 80.7 cm³/mol. The van der Waals surface area contributed by atoms with E-state index in [1.165, 1.54) is 12.1 Å². The number of amides is 1. The molecule has 2 heterocycles. The highest BCUT2D eigenvalue weighted by molar-refractivity contribution is 7.14. The minimum absolute atomic E-state index is 0.256. The first-order valence-electron chi connectivity index (χ1n) is 6.25. The maximum absolute atomic E-state index is 12.9. The van der Waals surface area contributed by atoms with E-state index in [0.29, 0.717) is 11.3 Å². The molecule has 23 heavy (non-hydrogen) atoms. The van der Waals surface area contributed by atoms with E-state index in [9.17, 15) is 19.3 Å². The Hall–Kier alpha value is -3.14. The van der Waals surface area contributed by atoms with Gasteiger partial charge in [0.15, 0.2) is 5.13 Å².